The maximum absolute atomic E-state index is 11.1. The SMILES string of the molecule is CCC(=O)C(=O)Oc1nc(NC=O)sc1Cl. The standard InChI is InChI=1S/C8H7ClN2O4S/c1-2-4(13)7(14)15-6-5(9)16-8(11-6)10-3-12/h3H,2H2,1H3,(H,10,11,12). The van der Waals surface area contributed by atoms with Gasteiger partial charge in [0.1, 0.15) is 0 Å². The molecule has 0 unspecified atom stereocenters. The van der Waals surface area contributed by atoms with Crippen molar-refractivity contribution >= 4 is 46.2 Å². The van der Waals surface area contributed by atoms with Crippen LogP contribution in [0.25, 0.3) is 0 Å². The molecule has 1 aromatic heterocycles. The highest BCUT2D eigenvalue weighted by Crippen LogP contribution is 2.33. The van der Waals surface area contributed by atoms with Gasteiger partial charge in [0.25, 0.3) is 5.88 Å². The average molecular weight is 263 g/mol. The van der Waals surface area contributed by atoms with E-state index in [9.17, 15) is 14.4 Å². The van der Waals surface area contributed by atoms with E-state index in [1.807, 2.05) is 0 Å². The summed E-state index contributed by atoms with van der Waals surface area (Å²) >= 11 is 6.61. The molecule has 0 spiro atoms. The molecular weight excluding hydrogens is 256 g/mol. The summed E-state index contributed by atoms with van der Waals surface area (Å²) < 4.78 is 4.73. The third kappa shape index (κ3) is 3.01. The second-order valence-corrected chi connectivity index (χ2v) is 4.13. The van der Waals surface area contributed by atoms with E-state index in [2.05, 4.69) is 15.0 Å². The quantitative estimate of drug-likeness (QED) is 0.490. The number of rotatable bonds is 5. The fourth-order valence-electron chi connectivity index (χ4n) is 0.752. The summed E-state index contributed by atoms with van der Waals surface area (Å²) in [5.74, 6) is -1.87. The Kier molecular flexibility index (Phi) is 4.39. The lowest BCUT2D eigenvalue weighted by Crippen LogP contribution is -2.19. The van der Waals surface area contributed by atoms with Crippen LogP contribution in [0.5, 0.6) is 5.88 Å². The minimum absolute atomic E-state index is 0.0417. The molecule has 0 fully saturated rings. The highest BCUT2D eigenvalue weighted by molar-refractivity contribution is 7.19. The first-order chi connectivity index (χ1) is 7.58. The molecule has 6 nitrogen and oxygen atoms in total. The number of anilines is 1. The normalized spacial score (nSPS) is 9.62. The maximum atomic E-state index is 11.1. The Morgan fingerprint density at radius 3 is 2.88 bits per heavy atom. The number of carbonyl (C=O) groups excluding carboxylic acids is 3. The molecule has 16 heavy (non-hydrogen) atoms. The number of ether oxygens (including phenoxy) is 1. The van der Waals surface area contributed by atoms with Crippen molar-refractivity contribution < 1.29 is 19.1 Å². The molecule has 86 valence electrons. The van der Waals surface area contributed by atoms with Crippen molar-refractivity contribution in [3.05, 3.63) is 4.34 Å². The first-order valence-corrected chi connectivity index (χ1v) is 5.39. The summed E-state index contributed by atoms with van der Waals surface area (Å²) in [4.78, 5) is 35.9. The molecule has 0 saturated heterocycles. The van der Waals surface area contributed by atoms with Gasteiger partial charge in [-0.05, 0) is 0 Å². The molecule has 0 aromatic carbocycles. The number of halogens is 1. The molecule has 0 aliphatic carbocycles. The molecule has 8 heteroatoms. The molecule has 0 saturated carbocycles. The lowest BCUT2D eigenvalue weighted by molar-refractivity contribution is -0.147. The zero-order valence-electron chi connectivity index (χ0n) is 8.15. The molecule has 0 atom stereocenters. The number of thiazole rings is 1. The van der Waals surface area contributed by atoms with E-state index in [-0.39, 0.29) is 21.8 Å². The van der Waals surface area contributed by atoms with Gasteiger partial charge in [-0.1, -0.05) is 29.9 Å². The van der Waals surface area contributed by atoms with Crippen molar-refractivity contribution in [2.24, 2.45) is 0 Å². The number of nitrogens with zero attached hydrogens (tertiary/aromatic N) is 1. The van der Waals surface area contributed by atoms with Crippen LogP contribution in [-0.4, -0.2) is 23.1 Å². The van der Waals surface area contributed by atoms with Gasteiger partial charge in [-0.15, -0.1) is 0 Å². The van der Waals surface area contributed by atoms with Gasteiger partial charge in [-0.2, -0.15) is 4.98 Å². The van der Waals surface area contributed by atoms with Crippen LogP contribution in [0.2, 0.25) is 4.34 Å². The largest absolute Gasteiger partial charge is 0.399 e. The number of carbonyl (C=O) groups is 3. The van der Waals surface area contributed by atoms with Crippen LogP contribution < -0.4 is 10.1 Å². The van der Waals surface area contributed by atoms with Crippen molar-refractivity contribution in [3.63, 3.8) is 0 Å². The van der Waals surface area contributed by atoms with E-state index < -0.39 is 11.8 Å². The molecule has 1 rings (SSSR count). The number of ketones is 1. The van der Waals surface area contributed by atoms with Gasteiger partial charge in [-0.25, -0.2) is 4.79 Å². The Morgan fingerprint density at radius 2 is 2.31 bits per heavy atom. The van der Waals surface area contributed by atoms with Crippen molar-refractivity contribution in [3.8, 4) is 5.88 Å². The number of Topliss-reactive ketones (excluding diaryl/α,β-unsaturated/α-hetero) is 1. The summed E-state index contributed by atoms with van der Waals surface area (Å²) in [6, 6.07) is 0. The summed E-state index contributed by atoms with van der Waals surface area (Å²) in [7, 11) is 0. The fourth-order valence-corrected chi connectivity index (χ4v) is 1.63. The Morgan fingerprint density at radius 1 is 1.62 bits per heavy atom. The second kappa shape index (κ2) is 5.57. The van der Waals surface area contributed by atoms with E-state index in [0.29, 0.717) is 6.41 Å². The molecule has 0 aliphatic heterocycles. The van der Waals surface area contributed by atoms with Gasteiger partial charge >= 0.3 is 5.97 Å². The van der Waals surface area contributed by atoms with Crippen LogP contribution in [0.3, 0.4) is 0 Å². The lowest BCUT2D eigenvalue weighted by Gasteiger charge is -1.97. The number of esters is 1. The van der Waals surface area contributed by atoms with Crippen LogP contribution in [0, 0.1) is 0 Å². The summed E-state index contributed by atoms with van der Waals surface area (Å²) in [6.45, 7) is 1.53. The fraction of sp³-hybridized carbons (Fsp3) is 0.250. The first kappa shape index (κ1) is 12.6. The summed E-state index contributed by atoms with van der Waals surface area (Å²) in [6.07, 6.45) is 0.456. The lowest BCUT2D eigenvalue weighted by atomic mass is 10.3. The van der Waals surface area contributed by atoms with Crippen LogP contribution in [0.15, 0.2) is 0 Å². The molecule has 1 aromatic rings. The van der Waals surface area contributed by atoms with Crippen LogP contribution in [-0.2, 0) is 14.4 Å². The minimum Gasteiger partial charge on any atom is -0.399 e. The van der Waals surface area contributed by atoms with E-state index in [1.165, 1.54) is 6.92 Å². The van der Waals surface area contributed by atoms with Crippen molar-refractivity contribution in [2.75, 3.05) is 5.32 Å². The van der Waals surface area contributed by atoms with Crippen molar-refractivity contribution in [1.29, 1.82) is 0 Å². The summed E-state index contributed by atoms with van der Waals surface area (Å²) in [5, 5.41) is 2.44. The van der Waals surface area contributed by atoms with Gasteiger partial charge in [-0.3, -0.25) is 9.59 Å². The molecule has 0 radical (unpaired) electrons. The predicted octanol–water partition coefficient (Wildman–Crippen LogP) is 1.25. The Balaban J connectivity index is 2.77. The number of amides is 1. The number of hydrogen-bond acceptors (Lipinski definition) is 6. The monoisotopic (exact) mass is 262 g/mol. The molecule has 1 N–H and O–H groups in total. The first-order valence-electron chi connectivity index (χ1n) is 4.20. The average Bonchev–Trinajstić information content (AvgIpc) is 2.58. The topological polar surface area (TPSA) is 85.4 Å². The third-order valence-electron chi connectivity index (χ3n) is 1.48. The van der Waals surface area contributed by atoms with Crippen LogP contribution in [0.1, 0.15) is 13.3 Å². The van der Waals surface area contributed by atoms with Crippen molar-refractivity contribution in [1.82, 2.24) is 4.98 Å². The minimum atomic E-state index is -1.02. The predicted molar refractivity (Wildman–Crippen MR) is 57.7 cm³/mol. The van der Waals surface area contributed by atoms with Gasteiger partial charge in [0.15, 0.2) is 9.47 Å². The Labute approximate surface area is 99.6 Å². The van der Waals surface area contributed by atoms with Crippen LogP contribution in [0.4, 0.5) is 5.13 Å². The molecule has 0 bridgehead atoms. The highest BCUT2D eigenvalue weighted by atomic mass is 35.5. The van der Waals surface area contributed by atoms with Gasteiger partial charge in [0.2, 0.25) is 12.2 Å². The number of nitrogens with one attached hydrogen (secondary N) is 1. The molecule has 1 amide bonds. The zero-order chi connectivity index (χ0) is 12.1. The number of aromatic nitrogens is 1. The number of hydrogen-bond donors (Lipinski definition) is 1. The smallest absolute Gasteiger partial charge is 0.381 e. The van der Waals surface area contributed by atoms with Gasteiger partial charge in [0, 0.05) is 6.42 Å². The third-order valence-corrected chi connectivity index (χ3v) is 2.63. The molecule has 0 aliphatic rings. The zero-order valence-corrected chi connectivity index (χ0v) is 9.72. The van der Waals surface area contributed by atoms with Gasteiger partial charge in [0.05, 0.1) is 0 Å². The summed E-state index contributed by atoms with van der Waals surface area (Å²) in [5.41, 5.74) is 0. The highest BCUT2D eigenvalue weighted by Gasteiger charge is 2.19. The van der Waals surface area contributed by atoms with E-state index in [0.717, 1.165) is 11.3 Å². The maximum Gasteiger partial charge on any atom is 0.381 e. The molecule has 1 heterocycles. The van der Waals surface area contributed by atoms with E-state index >= 15 is 0 Å². The Hall–Kier alpha value is -1.47. The van der Waals surface area contributed by atoms with Crippen molar-refractivity contribution in [2.45, 2.75) is 13.3 Å². The Bertz CT molecular complexity index is 432. The molecular formula is C8H7ClN2O4S. The van der Waals surface area contributed by atoms with E-state index in [4.69, 9.17) is 11.6 Å². The van der Waals surface area contributed by atoms with E-state index in [1.54, 1.807) is 0 Å². The van der Waals surface area contributed by atoms with Crippen LogP contribution >= 0.6 is 22.9 Å². The second-order valence-electron chi connectivity index (χ2n) is 2.53. The van der Waals surface area contributed by atoms with Gasteiger partial charge < -0.3 is 10.1 Å².